The van der Waals surface area contributed by atoms with E-state index in [-0.39, 0.29) is 11.9 Å². The van der Waals surface area contributed by atoms with Gasteiger partial charge in [0.2, 0.25) is 0 Å². The molecule has 0 saturated heterocycles. The molecule has 0 N–H and O–H groups in total. The molecule has 2 heterocycles. The van der Waals surface area contributed by atoms with Gasteiger partial charge in [0, 0.05) is 0 Å². The van der Waals surface area contributed by atoms with E-state index in [2.05, 4.69) is 34.9 Å². The van der Waals surface area contributed by atoms with E-state index in [4.69, 9.17) is 4.74 Å². The van der Waals surface area contributed by atoms with Crippen LogP contribution in [0.2, 0.25) is 0 Å². The monoisotopic (exact) mass is 354 g/mol. The van der Waals surface area contributed by atoms with Gasteiger partial charge in [-0.3, -0.25) is 0 Å². The molecule has 0 aliphatic carbocycles. The van der Waals surface area contributed by atoms with Crippen LogP contribution in [0.3, 0.4) is 0 Å². The predicted molar refractivity (Wildman–Crippen MR) is 89.0 cm³/mol. The molecule has 0 atom stereocenters. The van der Waals surface area contributed by atoms with Crippen LogP contribution < -0.4 is 0 Å². The van der Waals surface area contributed by atoms with E-state index in [1.54, 1.807) is 13.1 Å². The predicted octanol–water partition coefficient (Wildman–Crippen LogP) is 4.73. The molecule has 0 aliphatic heterocycles. The molecule has 0 amide bonds. The van der Waals surface area contributed by atoms with Crippen molar-refractivity contribution in [1.82, 2.24) is 9.61 Å². The minimum absolute atomic E-state index is 0.214. The smallest absolute Gasteiger partial charge is 0.340 e. The summed E-state index contributed by atoms with van der Waals surface area (Å²) in [4.78, 5) is 12.0. The van der Waals surface area contributed by atoms with Crippen molar-refractivity contribution in [3.8, 4) is 0 Å². The Bertz CT molecular complexity index is 633. The molecule has 0 aromatic carbocycles. The van der Waals surface area contributed by atoms with E-state index >= 15 is 0 Å². The Hall–Kier alpha value is -1.36. The standard InChI is InChI=1S/C14H17BrN2O2.C2H6/c1-5-19-14(18)10-7-16-17-11(12(10)8(2)3)6-9(4)13(17)15;1-2/h6-8H,5H2,1-4H3;1-2H3. The van der Waals surface area contributed by atoms with Crippen molar-refractivity contribution in [2.75, 3.05) is 6.61 Å². The summed E-state index contributed by atoms with van der Waals surface area (Å²) in [6, 6.07) is 2.04. The van der Waals surface area contributed by atoms with Crippen molar-refractivity contribution in [1.29, 1.82) is 0 Å². The van der Waals surface area contributed by atoms with Crippen LogP contribution in [-0.4, -0.2) is 22.2 Å². The lowest BCUT2D eigenvalue weighted by Crippen LogP contribution is -2.12. The van der Waals surface area contributed by atoms with Gasteiger partial charge in [-0.05, 0) is 52.9 Å². The maximum atomic E-state index is 12.0. The SMILES string of the molecule is CC.CCOC(=O)c1cnn2c(Br)c(C)cc2c1C(C)C. The second-order valence-electron chi connectivity index (χ2n) is 4.76. The quantitative estimate of drug-likeness (QED) is 0.748. The average Bonchev–Trinajstić information content (AvgIpc) is 2.75. The summed E-state index contributed by atoms with van der Waals surface area (Å²) in [6.07, 6.45) is 1.59. The molecule has 0 radical (unpaired) electrons. The Labute approximate surface area is 134 Å². The van der Waals surface area contributed by atoms with Gasteiger partial charge in [-0.15, -0.1) is 0 Å². The Morgan fingerprint density at radius 1 is 1.43 bits per heavy atom. The van der Waals surface area contributed by atoms with Crippen molar-refractivity contribution >= 4 is 27.4 Å². The Morgan fingerprint density at radius 3 is 2.57 bits per heavy atom. The van der Waals surface area contributed by atoms with Crippen molar-refractivity contribution in [3.63, 3.8) is 0 Å². The Morgan fingerprint density at radius 2 is 2.05 bits per heavy atom. The highest BCUT2D eigenvalue weighted by Crippen LogP contribution is 2.29. The topological polar surface area (TPSA) is 43.6 Å². The number of rotatable bonds is 3. The van der Waals surface area contributed by atoms with Gasteiger partial charge in [-0.1, -0.05) is 27.7 Å². The van der Waals surface area contributed by atoms with Gasteiger partial charge in [0.15, 0.2) is 0 Å². The van der Waals surface area contributed by atoms with Crippen molar-refractivity contribution in [2.45, 2.75) is 47.5 Å². The third-order valence-electron chi connectivity index (χ3n) is 3.03. The number of ether oxygens (including phenoxy) is 1. The van der Waals surface area contributed by atoms with Gasteiger partial charge in [-0.2, -0.15) is 5.10 Å². The molecule has 0 spiro atoms. The van der Waals surface area contributed by atoms with Crippen molar-refractivity contribution in [2.24, 2.45) is 0 Å². The van der Waals surface area contributed by atoms with Gasteiger partial charge in [0.1, 0.15) is 4.60 Å². The fraction of sp³-hybridized carbons (Fsp3) is 0.500. The highest BCUT2D eigenvalue weighted by atomic mass is 79.9. The van der Waals surface area contributed by atoms with Crippen molar-refractivity contribution < 1.29 is 9.53 Å². The second kappa shape index (κ2) is 7.59. The number of nitrogens with zero attached hydrogens (tertiary/aromatic N) is 2. The van der Waals surface area contributed by atoms with Crippen LogP contribution in [0, 0.1) is 6.92 Å². The summed E-state index contributed by atoms with van der Waals surface area (Å²) in [5.74, 6) is -0.0951. The molecule has 2 aromatic heterocycles. The largest absolute Gasteiger partial charge is 0.462 e. The van der Waals surface area contributed by atoms with E-state index in [1.165, 1.54) is 0 Å². The molecule has 0 bridgehead atoms. The number of carbonyl (C=O) groups is 1. The summed E-state index contributed by atoms with van der Waals surface area (Å²) in [7, 11) is 0. The third-order valence-corrected chi connectivity index (χ3v) is 4.00. The highest BCUT2D eigenvalue weighted by Gasteiger charge is 2.20. The fourth-order valence-corrected chi connectivity index (χ4v) is 2.60. The average molecular weight is 355 g/mol. The van der Waals surface area contributed by atoms with E-state index < -0.39 is 0 Å². The van der Waals surface area contributed by atoms with Crippen LogP contribution in [0.1, 0.15) is 62.0 Å². The lowest BCUT2D eigenvalue weighted by Gasteiger charge is -2.13. The lowest BCUT2D eigenvalue weighted by molar-refractivity contribution is 0.0524. The number of halogens is 1. The first kappa shape index (κ1) is 17.7. The molecule has 0 fully saturated rings. The Balaban J connectivity index is 0.00000106. The maximum absolute atomic E-state index is 12.0. The number of aryl methyl sites for hydroxylation is 1. The minimum atomic E-state index is -0.309. The lowest BCUT2D eigenvalue weighted by atomic mass is 9.98. The number of hydrogen-bond acceptors (Lipinski definition) is 3. The maximum Gasteiger partial charge on any atom is 0.340 e. The van der Waals surface area contributed by atoms with Gasteiger partial charge in [-0.25, -0.2) is 9.31 Å². The van der Waals surface area contributed by atoms with Gasteiger partial charge in [0.05, 0.1) is 23.9 Å². The fourth-order valence-electron chi connectivity index (χ4n) is 2.20. The Kier molecular flexibility index (Phi) is 6.40. The van der Waals surface area contributed by atoms with Crippen LogP contribution in [0.5, 0.6) is 0 Å². The van der Waals surface area contributed by atoms with Crippen LogP contribution in [0.25, 0.3) is 5.52 Å². The van der Waals surface area contributed by atoms with Crippen LogP contribution in [0.4, 0.5) is 0 Å². The molecule has 2 aromatic rings. The normalized spacial score (nSPS) is 10.5. The molecule has 21 heavy (non-hydrogen) atoms. The molecule has 0 saturated carbocycles. The summed E-state index contributed by atoms with van der Waals surface area (Å²) >= 11 is 3.51. The molecule has 0 unspecified atom stereocenters. The summed E-state index contributed by atoms with van der Waals surface area (Å²) in [5.41, 5.74) is 3.57. The first-order chi connectivity index (χ1) is 9.97. The van der Waals surface area contributed by atoms with E-state index in [0.29, 0.717) is 12.2 Å². The summed E-state index contributed by atoms with van der Waals surface area (Å²) in [6.45, 7) is 12.3. The van der Waals surface area contributed by atoms with Crippen LogP contribution in [-0.2, 0) is 4.74 Å². The van der Waals surface area contributed by atoms with E-state index in [9.17, 15) is 4.79 Å². The zero-order valence-corrected chi connectivity index (χ0v) is 15.1. The van der Waals surface area contributed by atoms with E-state index in [0.717, 1.165) is 21.2 Å². The number of hydrogen-bond donors (Lipinski definition) is 0. The molecular formula is C16H23BrN2O2. The molecule has 116 valence electrons. The van der Waals surface area contributed by atoms with Crippen LogP contribution in [0.15, 0.2) is 16.9 Å². The molecule has 0 aliphatic rings. The van der Waals surface area contributed by atoms with E-state index in [1.807, 2.05) is 31.4 Å². The zero-order valence-electron chi connectivity index (χ0n) is 13.5. The molecule has 5 heteroatoms. The molecule has 2 rings (SSSR count). The van der Waals surface area contributed by atoms with Crippen LogP contribution >= 0.6 is 15.9 Å². The minimum Gasteiger partial charge on any atom is -0.462 e. The third kappa shape index (κ3) is 3.46. The number of fused-ring (bicyclic) bond motifs is 1. The number of aromatic nitrogens is 2. The van der Waals surface area contributed by atoms with Gasteiger partial charge >= 0.3 is 5.97 Å². The van der Waals surface area contributed by atoms with Gasteiger partial charge in [0.25, 0.3) is 0 Å². The first-order valence-corrected chi connectivity index (χ1v) is 8.10. The number of esters is 1. The highest BCUT2D eigenvalue weighted by molar-refractivity contribution is 9.10. The molecular weight excluding hydrogens is 332 g/mol. The summed E-state index contributed by atoms with van der Waals surface area (Å²) < 4.78 is 7.83. The molecule has 4 nitrogen and oxygen atoms in total. The first-order valence-electron chi connectivity index (χ1n) is 7.31. The zero-order chi connectivity index (χ0) is 16.2. The van der Waals surface area contributed by atoms with Crippen molar-refractivity contribution in [3.05, 3.63) is 33.6 Å². The second-order valence-corrected chi connectivity index (χ2v) is 5.51. The summed E-state index contributed by atoms with van der Waals surface area (Å²) in [5, 5.41) is 4.32. The number of carbonyl (C=O) groups excluding carboxylic acids is 1. The van der Waals surface area contributed by atoms with Gasteiger partial charge < -0.3 is 4.74 Å².